The van der Waals surface area contributed by atoms with Crippen LogP contribution in [0.3, 0.4) is 0 Å². The van der Waals surface area contributed by atoms with E-state index in [-0.39, 0.29) is 11.7 Å². The first kappa shape index (κ1) is 7.46. The number of nitrogens with zero attached hydrogens (tertiary/aromatic N) is 3. The number of aromatic nitrogens is 3. The highest BCUT2D eigenvalue weighted by molar-refractivity contribution is 5.78. The molecule has 1 aromatic rings. The SMILES string of the molecule is CC(=O)C1CCc2cnnn2C1. The Kier molecular flexibility index (Phi) is 1.67. The lowest BCUT2D eigenvalue weighted by atomic mass is 9.95. The Bertz CT molecular complexity index is 305. The van der Waals surface area contributed by atoms with Gasteiger partial charge < -0.3 is 0 Å². The molecule has 0 spiro atoms. The summed E-state index contributed by atoms with van der Waals surface area (Å²) in [7, 11) is 0. The number of carbonyl (C=O) groups excluding carboxylic acids is 1. The van der Waals surface area contributed by atoms with Gasteiger partial charge in [0, 0.05) is 5.92 Å². The molecular weight excluding hydrogens is 154 g/mol. The lowest BCUT2D eigenvalue weighted by Gasteiger charge is -2.19. The molecule has 4 heteroatoms. The highest BCUT2D eigenvalue weighted by atomic mass is 16.1. The van der Waals surface area contributed by atoms with Crippen LogP contribution in [-0.2, 0) is 17.8 Å². The first-order chi connectivity index (χ1) is 5.77. The maximum atomic E-state index is 11.1. The van der Waals surface area contributed by atoms with Gasteiger partial charge in [-0.15, -0.1) is 5.10 Å². The number of aryl methyl sites for hydroxylation is 1. The average molecular weight is 165 g/mol. The van der Waals surface area contributed by atoms with Crippen LogP contribution in [0, 0.1) is 5.92 Å². The summed E-state index contributed by atoms with van der Waals surface area (Å²) in [6, 6.07) is 0. The van der Waals surface area contributed by atoms with Gasteiger partial charge in [0.15, 0.2) is 0 Å². The normalized spacial score (nSPS) is 21.9. The molecule has 0 amide bonds. The minimum absolute atomic E-state index is 0.152. The Morgan fingerprint density at radius 1 is 1.75 bits per heavy atom. The molecule has 1 aliphatic rings. The molecule has 1 atom stereocenters. The minimum atomic E-state index is 0.152. The zero-order valence-electron chi connectivity index (χ0n) is 7.03. The fourth-order valence-corrected chi connectivity index (χ4v) is 1.58. The monoisotopic (exact) mass is 165 g/mol. The van der Waals surface area contributed by atoms with Gasteiger partial charge in [-0.2, -0.15) is 0 Å². The molecule has 0 aromatic carbocycles. The highest BCUT2D eigenvalue weighted by Crippen LogP contribution is 2.18. The van der Waals surface area contributed by atoms with E-state index >= 15 is 0 Å². The van der Waals surface area contributed by atoms with E-state index in [2.05, 4.69) is 10.3 Å². The maximum Gasteiger partial charge on any atom is 0.134 e. The van der Waals surface area contributed by atoms with E-state index in [1.807, 2.05) is 4.68 Å². The molecular formula is C8H11N3O. The third-order valence-electron chi connectivity index (χ3n) is 2.42. The van der Waals surface area contributed by atoms with E-state index < -0.39 is 0 Å². The summed E-state index contributed by atoms with van der Waals surface area (Å²) in [5.74, 6) is 0.412. The second kappa shape index (κ2) is 2.69. The van der Waals surface area contributed by atoms with Crippen LogP contribution < -0.4 is 0 Å². The van der Waals surface area contributed by atoms with Gasteiger partial charge in [0.25, 0.3) is 0 Å². The molecule has 1 unspecified atom stereocenters. The number of rotatable bonds is 1. The molecule has 4 nitrogen and oxygen atoms in total. The number of hydrogen-bond acceptors (Lipinski definition) is 3. The Labute approximate surface area is 70.6 Å². The number of carbonyl (C=O) groups is 1. The average Bonchev–Trinajstić information content (AvgIpc) is 2.49. The molecule has 0 N–H and O–H groups in total. The Balaban J connectivity index is 2.20. The van der Waals surface area contributed by atoms with Gasteiger partial charge in [-0.25, -0.2) is 4.68 Å². The summed E-state index contributed by atoms with van der Waals surface area (Å²) in [6.45, 7) is 2.36. The zero-order valence-corrected chi connectivity index (χ0v) is 7.03. The minimum Gasteiger partial charge on any atom is -0.300 e. The van der Waals surface area contributed by atoms with Crippen molar-refractivity contribution >= 4 is 5.78 Å². The van der Waals surface area contributed by atoms with Crippen LogP contribution in [0.5, 0.6) is 0 Å². The van der Waals surface area contributed by atoms with Crippen LogP contribution in [0.2, 0.25) is 0 Å². The quantitative estimate of drug-likeness (QED) is 0.606. The smallest absolute Gasteiger partial charge is 0.134 e. The third-order valence-corrected chi connectivity index (χ3v) is 2.42. The summed E-state index contributed by atoms with van der Waals surface area (Å²) in [5.41, 5.74) is 1.15. The van der Waals surface area contributed by atoms with Crippen LogP contribution in [-0.4, -0.2) is 20.8 Å². The summed E-state index contributed by atoms with van der Waals surface area (Å²) in [5, 5.41) is 7.70. The molecule has 0 bridgehead atoms. The van der Waals surface area contributed by atoms with E-state index in [1.54, 1.807) is 13.1 Å². The summed E-state index contributed by atoms with van der Waals surface area (Å²) < 4.78 is 1.83. The molecule has 1 aliphatic heterocycles. The topological polar surface area (TPSA) is 47.8 Å². The van der Waals surface area contributed by atoms with Crippen molar-refractivity contribution in [1.29, 1.82) is 0 Å². The van der Waals surface area contributed by atoms with E-state index in [0.29, 0.717) is 6.54 Å². The fraction of sp³-hybridized carbons (Fsp3) is 0.625. The molecule has 0 radical (unpaired) electrons. The van der Waals surface area contributed by atoms with Gasteiger partial charge in [0.05, 0.1) is 18.4 Å². The molecule has 0 saturated heterocycles. The van der Waals surface area contributed by atoms with Gasteiger partial charge in [-0.05, 0) is 19.8 Å². The number of ketones is 1. The van der Waals surface area contributed by atoms with Crippen molar-refractivity contribution in [1.82, 2.24) is 15.0 Å². The summed E-state index contributed by atoms with van der Waals surface area (Å²) in [4.78, 5) is 11.1. The largest absolute Gasteiger partial charge is 0.300 e. The molecule has 0 fully saturated rings. The van der Waals surface area contributed by atoms with Crippen molar-refractivity contribution in [3.8, 4) is 0 Å². The van der Waals surface area contributed by atoms with E-state index in [4.69, 9.17) is 0 Å². The molecule has 2 heterocycles. The van der Waals surface area contributed by atoms with Crippen molar-refractivity contribution in [2.45, 2.75) is 26.3 Å². The van der Waals surface area contributed by atoms with Gasteiger partial charge in [-0.1, -0.05) is 5.21 Å². The van der Waals surface area contributed by atoms with E-state index in [1.165, 1.54) is 0 Å². The van der Waals surface area contributed by atoms with E-state index in [9.17, 15) is 4.79 Å². The standard InChI is InChI=1S/C8H11N3O/c1-6(12)7-2-3-8-4-9-10-11(8)5-7/h4,7H,2-3,5H2,1H3. The van der Waals surface area contributed by atoms with E-state index in [0.717, 1.165) is 18.5 Å². The van der Waals surface area contributed by atoms with Crippen LogP contribution in [0.4, 0.5) is 0 Å². The first-order valence-corrected chi connectivity index (χ1v) is 4.15. The number of Topliss-reactive ketones (excluding diaryl/α,β-unsaturated/α-hetero) is 1. The summed E-state index contributed by atoms with van der Waals surface area (Å²) in [6.07, 6.45) is 3.65. The van der Waals surface area contributed by atoms with Crippen molar-refractivity contribution in [2.24, 2.45) is 5.92 Å². The van der Waals surface area contributed by atoms with Crippen LogP contribution >= 0.6 is 0 Å². The Morgan fingerprint density at radius 2 is 2.58 bits per heavy atom. The molecule has 64 valence electrons. The molecule has 0 aliphatic carbocycles. The second-order valence-electron chi connectivity index (χ2n) is 3.25. The predicted octanol–water partition coefficient (Wildman–Crippen LogP) is 0.429. The number of fused-ring (bicyclic) bond motifs is 1. The first-order valence-electron chi connectivity index (χ1n) is 4.15. The Morgan fingerprint density at radius 3 is 3.33 bits per heavy atom. The van der Waals surface area contributed by atoms with Crippen molar-refractivity contribution in [2.75, 3.05) is 0 Å². The predicted molar refractivity (Wildman–Crippen MR) is 42.5 cm³/mol. The molecule has 12 heavy (non-hydrogen) atoms. The van der Waals surface area contributed by atoms with Gasteiger partial charge >= 0.3 is 0 Å². The second-order valence-corrected chi connectivity index (χ2v) is 3.25. The van der Waals surface area contributed by atoms with Crippen LogP contribution in [0.25, 0.3) is 0 Å². The van der Waals surface area contributed by atoms with Crippen molar-refractivity contribution in [3.05, 3.63) is 11.9 Å². The van der Waals surface area contributed by atoms with Crippen molar-refractivity contribution < 1.29 is 4.79 Å². The third kappa shape index (κ3) is 1.13. The summed E-state index contributed by atoms with van der Waals surface area (Å²) >= 11 is 0. The fourth-order valence-electron chi connectivity index (χ4n) is 1.58. The Hall–Kier alpha value is -1.19. The van der Waals surface area contributed by atoms with Crippen LogP contribution in [0.1, 0.15) is 19.0 Å². The van der Waals surface area contributed by atoms with Crippen LogP contribution in [0.15, 0.2) is 6.20 Å². The number of hydrogen-bond donors (Lipinski definition) is 0. The van der Waals surface area contributed by atoms with Gasteiger partial charge in [0.2, 0.25) is 0 Å². The molecule has 0 saturated carbocycles. The maximum absolute atomic E-state index is 11.1. The van der Waals surface area contributed by atoms with Crippen molar-refractivity contribution in [3.63, 3.8) is 0 Å². The highest BCUT2D eigenvalue weighted by Gasteiger charge is 2.22. The molecule has 1 aromatic heterocycles. The molecule has 2 rings (SSSR count). The lowest BCUT2D eigenvalue weighted by molar-refractivity contribution is -0.121. The zero-order chi connectivity index (χ0) is 8.55. The van der Waals surface area contributed by atoms with Gasteiger partial charge in [-0.3, -0.25) is 4.79 Å². The van der Waals surface area contributed by atoms with Gasteiger partial charge in [0.1, 0.15) is 5.78 Å². The lowest BCUT2D eigenvalue weighted by Crippen LogP contribution is -2.25.